The summed E-state index contributed by atoms with van der Waals surface area (Å²) < 4.78 is 5.39. The summed E-state index contributed by atoms with van der Waals surface area (Å²) in [6.45, 7) is 14.1. The monoisotopic (exact) mass is 275 g/mol. The summed E-state index contributed by atoms with van der Waals surface area (Å²) in [5, 5.41) is 0. The summed E-state index contributed by atoms with van der Waals surface area (Å²) in [6, 6.07) is 0. The van der Waals surface area contributed by atoms with Crippen molar-refractivity contribution in [2.24, 2.45) is 0 Å². The van der Waals surface area contributed by atoms with Crippen LogP contribution in [0.15, 0.2) is 0 Å². The number of hydrogen-bond acceptors (Lipinski definition) is 3. The topological polar surface area (TPSA) is 38.3 Å². The predicted molar refractivity (Wildman–Crippen MR) is 79.3 cm³/mol. The molecule has 0 saturated carbocycles. The van der Waals surface area contributed by atoms with Crippen LogP contribution in [-0.2, 0) is 9.22 Å². The molecule has 0 aromatic carbocycles. The van der Waals surface area contributed by atoms with E-state index in [1.54, 1.807) is 0 Å². The normalized spacial score (nSPS) is 12.6. The zero-order chi connectivity index (χ0) is 13.5. The van der Waals surface area contributed by atoms with E-state index in [0.717, 1.165) is 25.8 Å². The van der Waals surface area contributed by atoms with Crippen molar-refractivity contribution >= 4 is 22.5 Å². The van der Waals surface area contributed by atoms with Crippen molar-refractivity contribution in [1.82, 2.24) is 4.98 Å². The maximum absolute atomic E-state index is 11.5. The average Bonchev–Trinajstić information content (AvgIpc) is 2.06. The fourth-order valence-electron chi connectivity index (χ4n) is 1.43. The highest BCUT2D eigenvalue weighted by atomic mass is 28.4. The smallest absolute Gasteiger partial charge is 0.292 e. The molecule has 0 bridgehead atoms. The first kappa shape index (κ1) is 16.9. The zero-order valence-corrected chi connectivity index (χ0v) is 14.4. The van der Waals surface area contributed by atoms with Gasteiger partial charge in [-0.2, -0.15) is 0 Å². The van der Waals surface area contributed by atoms with Crippen LogP contribution in [-0.4, -0.2) is 29.1 Å². The molecule has 0 rings (SSSR count). The Morgan fingerprint density at radius 3 is 2.06 bits per heavy atom. The third-order valence-electron chi connectivity index (χ3n) is 2.13. The highest BCUT2D eigenvalue weighted by Crippen LogP contribution is 2.07. The lowest BCUT2D eigenvalue weighted by Crippen LogP contribution is -2.41. The molecule has 0 spiro atoms. The summed E-state index contributed by atoms with van der Waals surface area (Å²) in [6.07, 6.45) is 3.80. The molecule has 102 valence electrons. The molecule has 0 heterocycles. The van der Waals surface area contributed by atoms with Gasteiger partial charge in [-0.05, 0) is 39.0 Å². The number of rotatable bonds is 8. The van der Waals surface area contributed by atoms with Crippen molar-refractivity contribution in [3.8, 4) is 0 Å². The lowest BCUT2D eigenvalue weighted by atomic mass is 10.2. The lowest BCUT2D eigenvalue weighted by molar-refractivity contribution is -0.135. The molecular weight excluding hydrogens is 246 g/mol. The maximum Gasteiger partial charge on any atom is 0.292 e. The molecule has 0 aliphatic heterocycles. The Kier molecular flexibility index (Phi) is 7.27. The van der Waals surface area contributed by atoms with E-state index in [1.807, 2.05) is 19.6 Å². The molecule has 0 aromatic rings. The van der Waals surface area contributed by atoms with E-state index in [4.69, 9.17) is 4.43 Å². The van der Waals surface area contributed by atoms with Crippen LogP contribution in [0.1, 0.15) is 25.7 Å². The largest absolute Gasteiger partial charge is 0.520 e. The first-order chi connectivity index (χ1) is 7.60. The van der Waals surface area contributed by atoms with Crippen LogP contribution in [0.4, 0.5) is 0 Å². The number of unbranched alkanes of at least 4 members (excludes halogenated alkanes) is 2. The number of nitrogens with one attached hydrogen (secondary N) is 1. The summed E-state index contributed by atoms with van der Waals surface area (Å²) in [5.41, 5.74) is 0. The van der Waals surface area contributed by atoms with Crippen LogP contribution < -0.4 is 4.98 Å². The van der Waals surface area contributed by atoms with E-state index in [2.05, 4.69) is 24.6 Å². The molecule has 0 unspecified atom stereocenters. The summed E-state index contributed by atoms with van der Waals surface area (Å²) in [7, 11) is -2.78. The summed E-state index contributed by atoms with van der Waals surface area (Å²) in [4.78, 5) is 15.0. The molecule has 0 aromatic heterocycles. The van der Waals surface area contributed by atoms with E-state index < -0.39 is 16.6 Å². The van der Waals surface area contributed by atoms with Crippen LogP contribution in [0.2, 0.25) is 39.3 Å². The van der Waals surface area contributed by atoms with Gasteiger partial charge in [-0.15, -0.1) is 0 Å². The summed E-state index contributed by atoms with van der Waals surface area (Å²) >= 11 is 0. The minimum absolute atomic E-state index is 0.0117. The van der Waals surface area contributed by atoms with E-state index in [1.165, 1.54) is 0 Å². The van der Waals surface area contributed by atoms with Crippen molar-refractivity contribution in [2.45, 2.75) is 65.0 Å². The SMILES string of the molecule is C[Si](C)(C)NCCCCCC(=O)O[Si](C)(C)C. The van der Waals surface area contributed by atoms with Gasteiger partial charge in [0, 0.05) is 6.42 Å². The molecule has 1 N–H and O–H groups in total. The minimum atomic E-state index is -1.68. The Hall–Kier alpha value is -0.136. The fourth-order valence-corrected chi connectivity index (χ4v) is 3.14. The molecule has 0 aliphatic rings. The maximum atomic E-state index is 11.5. The van der Waals surface area contributed by atoms with Crippen LogP contribution in [0.5, 0.6) is 0 Å². The van der Waals surface area contributed by atoms with Gasteiger partial charge in [0.1, 0.15) is 8.24 Å². The van der Waals surface area contributed by atoms with Gasteiger partial charge in [0.2, 0.25) is 8.32 Å². The molecular formula is C12H29NO2Si2. The van der Waals surface area contributed by atoms with Gasteiger partial charge >= 0.3 is 0 Å². The highest BCUT2D eigenvalue weighted by molar-refractivity contribution is 6.73. The molecule has 0 atom stereocenters. The first-order valence-electron chi connectivity index (χ1n) is 6.57. The predicted octanol–water partition coefficient (Wildman–Crippen LogP) is 3.35. The van der Waals surface area contributed by atoms with E-state index in [0.29, 0.717) is 6.42 Å². The molecule has 0 aliphatic carbocycles. The van der Waals surface area contributed by atoms with Gasteiger partial charge in [0.05, 0.1) is 0 Å². The number of hydrogen-bond donors (Lipinski definition) is 1. The average molecular weight is 276 g/mol. The Morgan fingerprint density at radius 1 is 1.00 bits per heavy atom. The standard InChI is InChI=1S/C12H29NO2Si2/c1-16(2,3)13-11-9-7-8-10-12(14)15-17(4,5)6/h13H,7-11H2,1-6H3. The van der Waals surface area contributed by atoms with Gasteiger partial charge < -0.3 is 9.41 Å². The van der Waals surface area contributed by atoms with Gasteiger partial charge in [0.25, 0.3) is 5.97 Å². The Bertz CT molecular complexity index is 232. The van der Waals surface area contributed by atoms with E-state index in [-0.39, 0.29) is 5.97 Å². The van der Waals surface area contributed by atoms with Crippen molar-refractivity contribution < 1.29 is 9.22 Å². The van der Waals surface area contributed by atoms with E-state index in [9.17, 15) is 4.79 Å². The Balaban J connectivity index is 3.44. The van der Waals surface area contributed by atoms with Crippen LogP contribution in [0, 0.1) is 0 Å². The van der Waals surface area contributed by atoms with Crippen molar-refractivity contribution in [3.05, 3.63) is 0 Å². The second-order valence-corrected chi connectivity index (χ2v) is 15.9. The van der Waals surface area contributed by atoms with Crippen molar-refractivity contribution in [3.63, 3.8) is 0 Å². The minimum Gasteiger partial charge on any atom is -0.520 e. The zero-order valence-electron chi connectivity index (χ0n) is 12.4. The number of carbonyl (C=O) groups is 1. The van der Waals surface area contributed by atoms with Gasteiger partial charge in [0.15, 0.2) is 0 Å². The van der Waals surface area contributed by atoms with Gasteiger partial charge in [-0.25, -0.2) is 0 Å². The van der Waals surface area contributed by atoms with Gasteiger partial charge in [-0.1, -0.05) is 26.1 Å². The first-order valence-corrected chi connectivity index (χ1v) is 13.5. The molecule has 0 fully saturated rings. The molecule has 5 heteroatoms. The van der Waals surface area contributed by atoms with Crippen LogP contribution in [0.3, 0.4) is 0 Å². The third kappa shape index (κ3) is 13.8. The van der Waals surface area contributed by atoms with Crippen molar-refractivity contribution in [1.29, 1.82) is 0 Å². The molecule has 17 heavy (non-hydrogen) atoms. The lowest BCUT2D eigenvalue weighted by Gasteiger charge is -2.18. The van der Waals surface area contributed by atoms with Crippen LogP contribution >= 0.6 is 0 Å². The number of carbonyl (C=O) groups excluding carboxylic acids is 1. The van der Waals surface area contributed by atoms with Crippen molar-refractivity contribution in [2.75, 3.05) is 6.54 Å². The summed E-state index contributed by atoms with van der Waals surface area (Å²) in [5.74, 6) is -0.0117. The fraction of sp³-hybridized carbons (Fsp3) is 0.917. The molecule has 3 nitrogen and oxygen atoms in total. The molecule has 0 radical (unpaired) electrons. The highest BCUT2D eigenvalue weighted by Gasteiger charge is 2.19. The van der Waals surface area contributed by atoms with Crippen LogP contribution in [0.25, 0.3) is 0 Å². The third-order valence-corrected chi connectivity index (χ3v) is 4.28. The Morgan fingerprint density at radius 2 is 1.59 bits per heavy atom. The second-order valence-electron chi connectivity index (χ2n) is 6.57. The molecule has 0 amide bonds. The van der Waals surface area contributed by atoms with Gasteiger partial charge in [-0.3, -0.25) is 4.79 Å². The Labute approximate surface area is 109 Å². The molecule has 0 saturated heterocycles. The quantitative estimate of drug-likeness (QED) is 0.545. The van der Waals surface area contributed by atoms with E-state index >= 15 is 0 Å². The second kappa shape index (κ2) is 7.33.